The van der Waals surface area contributed by atoms with E-state index in [1.54, 1.807) is 28.2 Å². The minimum absolute atomic E-state index is 0.135. The zero-order chi connectivity index (χ0) is 17.9. The summed E-state index contributed by atoms with van der Waals surface area (Å²) in [5.41, 5.74) is 0.0415. The van der Waals surface area contributed by atoms with Crippen molar-refractivity contribution < 1.29 is 9.90 Å². The van der Waals surface area contributed by atoms with Gasteiger partial charge in [0.25, 0.3) is 0 Å². The van der Waals surface area contributed by atoms with Crippen molar-refractivity contribution in [2.45, 2.75) is 25.4 Å². The van der Waals surface area contributed by atoms with Gasteiger partial charge in [-0.05, 0) is 25.0 Å². The molecule has 1 aliphatic carbocycles. The van der Waals surface area contributed by atoms with E-state index in [0.29, 0.717) is 5.69 Å². The second-order valence-corrected chi connectivity index (χ2v) is 7.68. The van der Waals surface area contributed by atoms with E-state index in [0.717, 1.165) is 29.3 Å². The van der Waals surface area contributed by atoms with Crippen molar-refractivity contribution in [2.24, 2.45) is 5.41 Å². The fraction of sp³-hybridized carbons (Fsp3) is 0.368. The Morgan fingerprint density at radius 1 is 1.23 bits per heavy atom. The number of aliphatic hydroxyl groups is 1. The number of carbonyl (C=O) groups excluding carboxylic acids is 1. The molecular weight excluding hydrogens is 330 g/mol. The molecule has 0 spiro atoms. The van der Waals surface area contributed by atoms with Crippen LogP contribution < -0.4 is 0 Å². The summed E-state index contributed by atoms with van der Waals surface area (Å²) in [6.45, 7) is 2.54. The lowest BCUT2D eigenvalue weighted by Crippen LogP contribution is -2.62. The lowest BCUT2D eigenvalue weighted by Gasteiger charge is -2.46. The molecule has 1 aromatic carbocycles. The number of hydrogen-bond donors (Lipinski definition) is 1. The molecule has 7 heteroatoms. The van der Waals surface area contributed by atoms with Gasteiger partial charge in [0.05, 0.1) is 25.0 Å². The molecule has 0 unspecified atom stereocenters. The maximum Gasteiger partial charge on any atom is 0.228 e. The molecule has 3 heterocycles. The Morgan fingerprint density at radius 2 is 2.04 bits per heavy atom. The molecule has 5 rings (SSSR count). The molecule has 1 N–H and O–H groups in total. The monoisotopic (exact) mass is 349 g/mol. The van der Waals surface area contributed by atoms with Gasteiger partial charge in [0.2, 0.25) is 5.91 Å². The molecule has 3 aromatic rings. The number of aromatic nitrogens is 4. The van der Waals surface area contributed by atoms with Gasteiger partial charge in [0.1, 0.15) is 11.3 Å². The summed E-state index contributed by atoms with van der Waals surface area (Å²) in [6, 6.07) is 7.82. The van der Waals surface area contributed by atoms with Crippen LogP contribution in [0.1, 0.15) is 25.5 Å². The van der Waals surface area contributed by atoms with Crippen LogP contribution in [0, 0.1) is 5.41 Å². The van der Waals surface area contributed by atoms with Crippen LogP contribution in [0.3, 0.4) is 0 Å². The normalized spacial score (nSPS) is 20.0. The number of pyridine rings is 1. The first-order valence-electron chi connectivity index (χ1n) is 8.76. The van der Waals surface area contributed by atoms with Crippen LogP contribution in [0.4, 0.5) is 0 Å². The molecule has 1 saturated carbocycles. The Kier molecular flexibility index (Phi) is 3.04. The average molecular weight is 349 g/mol. The third kappa shape index (κ3) is 2.24. The Bertz CT molecular complexity index is 1010. The second-order valence-electron chi connectivity index (χ2n) is 7.68. The number of carbonyl (C=O) groups is 1. The van der Waals surface area contributed by atoms with Crippen molar-refractivity contribution >= 4 is 16.7 Å². The van der Waals surface area contributed by atoms with E-state index in [4.69, 9.17) is 0 Å². The zero-order valence-corrected chi connectivity index (χ0v) is 14.5. The first-order valence-corrected chi connectivity index (χ1v) is 8.76. The summed E-state index contributed by atoms with van der Waals surface area (Å²) in [4.78, 5) is 18.2. The van der Waals surface area contributed by atoms with E-state index < -0.39 is 5.60 Å². The summed E-state index contributed by atoms with van der Waals surface area (Å²) < 4.78 is 1.67. The van der Waals surface area contributed by atoms with Crippen LogP contribution in [-0.4, -0.2) is 49.0 Å². The van der Waals surface area contributed by atoms with Crippen molar-refractivity contribution in [2.75, 3.05) is 13.1 Å². The highest BCUT2D eigenvalue weighted by Crippen LogP contribution is 2.48. The number of hydrogen-bond acceptors (Lipinski definition) is 5. The number of likely N-dealkylation sites (tertiary alicyclic amines) is 1. The number of amides is 1. The Balaban J connectivity index is 1.41. The molecule has 132 valence electrons. The topological polar surface area (TPSA) is 84.1 Å². The number of nitrogens with zero attached hydrogens (tertiary/aromatic N) is 5. The fourth-order valence-corrected chi connectivity index (χ4v) is 3.57. The number of fused-ring (bicyclic) bond motifs is 1. The van der Waals surface area contributed by atoms with Crippen LogP contribution in [-0.2, 0) is 10.4 Å². The summed E-state index contributed by atoms with van der Waals surface area (Å²) in [7, 11) is 0. The molecule has 2 aliphatic rings. The predicted octanol–water partition coefficient (Wildman–Crippen LogP) is 1.65. The zero-order valence-electron chi connectivity index (χ0n) is 14.5. The third-order valence-corrected chi connectivity index (χ3v) is 5.58. The van der Waals surface area contributed by atoms with Crippen molar-refractivity contribution in [1.82, 2.24) is 24.9 Å². The van der Waals surface area contributed by atoms with Gasteiger partial charge in [0.15, 0.2) is 0 Å². The molecule has 2 aromatic heterocycles. The SMILES string of the molecule is CC1(C(=O)N2CC(O)(c3cn(-c4cccc5cnccc45)nn3)C2)CC1. The number of rotatable bonds is 3. The maximum atomic E-state index is 12.4. The lowest BCUT2D eigenvalue weighted by molar-refractivity contribution is -0.163. The first kappa shape index (κ1) is 15.5. The molecule has 2 fully saturated rings. The van der Waals surface area contributed by atoms with E-state index in [1.807, 2.05) is 31.2 Å². The van der Waals surface area contributed by atoms with Gasteiger partial charge in [-0.3, -0.25) is 9.78 Å². The summed E-state index contributed by atoms with van der Waals surface area (Å²) in [6.07, 6.45) is 7.17. The predicted molar refractivity (Wildman–Crippen MR) is 94.5 cm³/mol. The highest BCUT2D eigenvalue weighted by molar-refractivity contribution is 5.89. The van der Waals surface area contributed by atoms with Crippen LogP contribution in [0.25, 0.3) is 16.5 Å². The maximum absolute atomic E-state index is 12.4. The highest BCUT2D eigenvalue weighted by Gasteiger charge is 2.54. The summed E-state index contributed by atoms with van der Waals surface area (Å²) >= 11 is 0. The van der Waals surface area contributed by atoms with Crippen molar-refractivity contribution in [3.63, 3.8) is 0 Å². The quantitative estimate of drug-likeness (QED) is 0.777. The van der Waals surface area contributed by atoms with E-state index in [2.05, 4.69) is 15.3 Å². The van der Waals surface area contributed by atoms with Crippen molar-refractivity contribution in [3.05, 3.63) is 48.5 Å². The van der Waals surface area contributed by atoms with Gasteiger partial charge in [-0.2, -0.15) is 0 Å². The molecular formula is C19H19N5O2. The molecule has 1 saturated heterocycles. The van der Waals surface area contributed by atoms with Gasteiger partial charge in [-0.1, -0.05) is 24.3 Å². The van der Waals surface area contributed by atoms with Gasteiger partial charge in [-0.15, -0.1) is 5.10 Å². The summed E-state index contributed by atoms with van der Waals surface area (Å²) in [5.74, 6) is 0.135. The van der Waals surface area contributed by atoms with Crippen molar-refractivity contribution in [1.29, 1.82) is 0 Å². The second kappa shape index (κ2) is 5.11. The molecule has 1 amide bonds. The minimum Gasteiger partial charge on any atom is -0.380 e. The van der Waals surface area contributed by atoms with Gasteiger partial charge in [0, 0.05) is 28.6 Å². The van der Waals surface area contributed by atoms with Crippen molar-refractivity contribution in [3.8, 4) is 5.69 Å². The molecule has 0 atom stereocenters. The Hall–Kier alpha value is -2.80. The third-order valence-electron chi connectivity index (χ3n) is 5.58. The smallest absolute Gasteiger partial charge is 0.228 e. The standard InChI is InChI=1S/C19H19N5O2/c1-18(6-7-18)17(25)23-11-19(26,12-23)16-10-24(22-21-16)15-4-2-3-13-9-20-8-5-14(13)15/h2-5,8-10,26H,6-7,11-12H2,1H3. The van der Waals surface area contributed by atoms with E-state index in [-0.39, 0.29) is 24.4 Å². The minimum atomic E-state index is -1.12. The van der Waals surface area contributed by atoms with Gasteiger partial charge < -0.3 is 10.0 Å². The van der Waals surface area contributed by atoms with Crippen LogP contribution in [0.2, 0.25) is 0 Å². The molecule has 1 aliphatic heterocycles. The van der Waals surface area contributed by atoms with Crippen LogP contribution in [0.5, 0.6) is 0 Å². The molecule has 0 bridgehead atoms. The molecule has 7 nitrogen and oxygen atoms in total. The summed E-state index contributed by atoms with van der Waals surface area (Å²) in [5, 5.41) is 21.2. The number of benzene rings is 1. The van der Waals surface area contributed by atoms with Gasteiger partial charge in [-0.25, -0.2) is 4.68 Å². The van der Waals surface area contributed by atoms with E-state index >= 15 is 0 Å². The van der Waals surface area contributed by atoms with Gasteiger partial charge >= 0.3 is 0 Å². The number of β-amino-alcohol motifs (C(OH)–C–C–N with tert-alkyl or cyclic N) is 1. The highest BCUT2D eigenvalue weighted by atomic mass is 16.3. The van der Waals surface area contributed by atoms with E-state index in [9.17, 15) is 9.90 Å². The average Bonchev–Trinajstić information content (AvgIpc) is 3.19. The molecule has 0 radical (unpaired) electrons. The van der Waals surface area contributed by atoms with E-state index in [1.165, 1.54) is 0 Å². The largest absolute Gasteiger partial charge is 0.380 e. The lowest BCUT2D eigenvalue weighted by atomic mass is 9.89. The van der Waals surface area contributed by atoms with Crippen LogP contribution in [0.15, 0.2) is 42.9 Å². The first-order chi connectivity index (χ1) is 12.5. The van der Waals surface area contributed by atoms with Crippen LogP contribution >= 0.6 is 0 Å². The Morgan fingerprint density at radius 3 is 2.81 bits per heavy atom. The Labute approximate surface area is 150 Å². The molecule has 26 heavy (non-hydrogen) atoms. The fourth-order valence-electron chi connectivity index (χ4n) is 3.57.